The van der Waals surface area contributed by atoms with Crippen LogP contribution in [0.1, 0.15) is 32.4 Å². The first kappa shape index (κ1) is 14.8. The topological polar surface area (TPSA) is 65.1 Å². The lowest BCUT2D eigenvalue weighted by atomic mass is 9.94. The number of benzene rings is 1. The first-order valence-electron chi connectivity index (χ1n) is 6.89. The Hall–Kier alpha value is -1.65. The van der Waals surface area contributed by atoms with E-state index in [0.29, 0.717) is 11.9 Å². The monoisotopic (exact) mass is 274 g/mol. The standard InChI is InChI=1S/C16H22N2O2/c1-11(18-9-16(2,3)10-19)14-8-17-15(20)13-7-5-4-6-12(13)14/h4-8,11,18-19H,9-10H2,1-3H3,(H,17,20). The molecule has 0 amide bonds. The number of aliphatic hydroxyl groups excluding tert-OH is 1. The first-order valence-corrected chi connectivity index (χ1v) is 6.89. The van der Waals surface area contributed by atoms with Crippen molar-refractivity contribution in [1.29, 1.82) is 0 Å². The summed E-state index contributed by atoms with van der Waals surface area (Å²) in [5, 5.41) is 14.4. The smallest absolute Gasteiger partial charge is 0.255 e. The molecule has 1 heterocycles. The van der Waals surface area contributed by atoms with Gasteiger partial charge in [0.1, 0.15) is 0 Å². The third-order valence-electron chi connectivity index (χ3n) is 3.62. The van der Waals surface area contributed by atoms with E-state index in [1.165, 1.54) is 0 Å². The zero-order chi connectivity index (χ0) is 14.8. The molecule has 0 bridgehead atoms. The van der Waals surface area contributed by atoms with Gasteiger partial charge in [0.15, 0.2) is 0 Å². The maximum absolute atomic E-state index is 11.8. The van der Waals surface area contributed by atoms with E-state index in [2.05, 4.69) is 17.2 Å². The summed E-state index contributed by atoms with van der Waals surface area (Å²) < 4.78 is 0. The van der Waals surface area contributed by atoms with Crippen LogP contribution in [0, 0.1) is 5.41 Å². The van der Waals surface area contributed by atoms with E-state index in [4.69, 9.17) is 0 Å². The second kappa shape index (κ2) is 5.77. The fraction of sp³-hybridized carbons (Fsp3) is 0.438. The number of hydrogen-bond donors (Lipinski definition) is 3. The first-order chi connectivity index (χ1) is 9.44. The SMILES string of the molecule is CC(NCC(C)(C)CO)c1c[nH]c(=O)c2ccccc12. The number of fused-ring (bicyclic) bond motifs is 1. The maximum Gasteiger partial charge on any atom is 0.255 e. The van der Waals surface area contributed by atoms with Crippen molar-refractivity contribution in [3.05, 3.63) is 46.4 Å². The van der Waals surface area contributed by atoms with E-state index in [9.17, 15) is 9.90 Å². The molecule has 1 aromatic heterocycles. The zero-order valence-electron chi connectivity index (χ0n) is 12.2. The number of aliphatic hydroxyl groups is 1. The number of aromatic amines is 1. The lowest BCUT2D eigenvalue weighted by Gasteiger charge is -2.25. The van der Waals surface area contributed by atoms with E-state index >= 15 is 0 Å². The summed E-state index contributed by atoms with van der Waals surface area (Å²) in [6.45, 7) is 6.93. The lowest BCUT2D eigenvalue weighted by Crippen LogP contribution is -2.34. The highest BCUT2D eigenvalue weighted by molar-refractivity contribution is 5.84. The van der Waals surface area contributed by atoms with E-state index in [0.717, 1.165) is 10.9 Å². The van der Waals surface area contributed by atoms with Gasteiger partial charge >= 0.3 is 0 Å². The van der Waals surface area contributed by atoms with Crippen LogP contribution in [0.2, 0.25) is 0 Å². The van der Waals surface area contributed by atoms with Crippen LogP contribution in [0.25, 0.3) is 10.8 Å². The largest absolute Gasteiger partial charge is 0.396 e. The second-order valence-electron chi connectivity index (χ2n) is 6.04. The van der Waals surface area contributed by atoms with Gasteiger partial charge in [-0.15, -0.1) is 0 Å². The number of hydrogen-bond acceptors (Lipinski definition) is 3. The Morgan fingerprint density at radius 3 is 2.60 bits per heavy atom. The fourth-order valence-electron chi connectivity index (χ4n) is 2.19. The van der Waals surface area contributed by atoms with Crippen molar-refractivity contribution in [1.82, 2.24) is 10.3 Å². The number of H-pyrrole nitrogens is 1. The van der Waals surface area contributed by atoms with Crippen LogP contribution in [0.15, 0.2) is 35.3 Å². The van der Waals surface area contributed by atoms with Gasteiger partial charge in [0.05, 0.1) is 0 Å². The molecular weight excluding hydrogens is 252 g/mol. The summed E-state index contributed by atoms with van der Waals surface area (Å²) in [5.74, 6) is 0. The lowest BCUT2D eigenvalue weighted by molar-refractivity contribution is 0.154. The highest BCUT2D eigenvalue weighted by Gasteiger charge is 2.18. The van der Waals surface area contributed by atoms with Gasteiger partial charge in [-0.1, -0.05) is 32.0 Å². The third-order valence-corrected chi connectivity index (χ3v) is 3.62. The molecule has 0 spiro atoms. The summed E-state index contributed by atoms with van der Waals surface area (Å²) in [4.78, 5) is 14.6. The Morgan fingerprint density at radius 2 is 1.95 bits per heavy atom. The van der Waals surface area contributed by atoms with Gasteiger partial charge in [-0.25, -0.2) is 0 Å². The van der Waals surface area contributed by atoms with Gasteiger partial charge < -0.3 is 15.4 Å². The van der Waals surface area contributed by atoms with E-state index in [1.807, 2.05) is 38.1 Å². The molecule has 0 fully saturated rings. The third kappa shape index (κ3) is 3.08. The number of pyridine rings is 1. The minimum absolute atomic E-state index is 0.0627. The molecule has 4 nitrogen and oxygen atoms in total. The van der Waals surface area contributed by atoms with Crippen LogP contribution in [0.3, 0.4) is 0 Å². The molecule has 1 unspecified atom stereocenters. The quantitative estimate of drug-likeness (QED) is 0.783. The fourth-order valence-corrected chi connectivity index (χ4v) is 2.19. The molecule has 0 aliphatic heterocycles. The zero-order valence-corrected chi connectivity index (χ0v) is 12.2. The molecule has 4 heteroatoms. The Balaban J connectivity index is 2.29. The molecule has 2 aromatic rings. The van der Waals surface area contributed by atoms with Crippen LogP contribution in [0.5, 0.6) is 0 Å². The van der Waals surface area contributed by atoms with Gasteiger partial charge in [0.2, 0.25) is 0 Å². The summed E-state index contributed by atoms with van der Waals surface area (Å²) in [6, 6.07) is 7.71. The Kier molecular flexibility index (Phi) is 4.26. The summed E-state index contributed by atoms with van der Waals surface area (Å²) >= 11 is 0. The van der Waals surface area contributed by atoms with Crippen LogP contribution in [-0.2, 0) is 0 Å². The van der Waals surface area contributed by atoms with E-state index in [1.54, 1.807) is 6.20 Å². The van der Waals surface area contributed by atoms with Crippen molar-refractivity contribution < 1.29 is 5.11 Å². The van der Waals surface area contributed by atoms with Crippen LogP contribution in [-0.4, -0.2) is 23.2 Å². The van der Waals surface area contributed by atoms with Crippen molar-refractivity contribution >= 4 is 10.8 Å². The molecule has 20 heavy (non-hydrogen) atoms. The molecule has 2 rings (SSSR count). The Morgan fingerprint density at radius 1 is 1.30 bits per heavy atom. The summed E-state index contributed by atoms with van der Waals surface area (Å²) in [7, 11) is 0. The highest BCUT2D eigenvalue weighted by Crippen LogP contribution is 2.22. The van der Waals surface area contributed by atoms with Crippen LogP contribution < -0.4 is 10.9 Å². The van der Waals surface area contributed by atoms with Gasteiger partial charge in [0, 0.05) is 36.2 Å². The number of aromatic nitrogens is 1. The molecule has 0 aliphatic rings. The average Bonchev–Trinajstić information content (AvgIpc) is 2.46. The predicted octanol–water partition coefficient (Wildman–Crippen LogP) is 2.20. The van der Waals surface area contributed by atoms with Crippen LogP contribution in [0.4, 0.5) is 0 Å². The average molecular weight is 274 g/mol. The molecule has 0 radical (unpaired) electrons. The van der Waals surface area contributed by atoms with Crippen LogP contribution >= 0.6 is 0 Å². The van der Waals surface area contributed by atoms with E-state index < -0.39 is 0 Å². The van der Waals surface area contributed by atoms with E-state index in [-0.39, 0.29) is 23.6 Å². The Bertz CT molecular complexity index is 646. The minimum atomic E-state index is -0.160. The summed E-state index contributed by atoms with van der Waals surface area (Å²) in [5.41, 5.74) is 0.841. The predicted molar refractivity (Wildman–Crippen MR) is 81.9 cm³/mol. The highest BCUT2D eigenvalue weighted by atomic mass is 16.3. The van der Waals surface area contributed by atoms with Gasteiger partial charge in [0.25, 0.3) is 5.56 Å². The van der Waals surface area contributed by atoms with Gasteiger partial charge in [-0.2, -0.15) is 0 Å². The van der Waals surface area contributed by atoms with Crippen molar-refractivity contribution in [2.24, 2.45) is 5.41 Å². The second-order valence-corrected chi connectivity index (χ2v) is 6.04. The molecule has 1 atom stereocenters. The number of nitrogens with one attached hydrogen (secondary N) is 2. The molecular formula is C16H22N2O2. The Labute approximate surface area is 118 Å². The molecule has 0 saturated carbocycles. The normalized spacial score (nSPS) is 13.6. The molecule has 3 N–H and O–H groups in total. The van der Waals surface area contributed by atoms with Gasteiger partial charge in [-0.05, 0) is 23.9 Å². The van der Waals surface area contributed by atoms with Crippen molar-refractivity contribution in [3.63, 3.8) is 0 Å². The molecule has 1 aromatic carbocycles. The van der Waals surface area contributed by atoms with Gasteiger partial charge in [-0.3, -0.25) is 4.79 Å². The molecule has 108 valence electrons. The maximum atomic E-state index is 11.8. The number of rotatable bonds is 5. The molecule has 0 aliphatic carbocycles. The van der Waals surface area contributed by atoms with Crippen molar-refractivity contribution in [2.45, 2.75) is 26.8 Å². The van der Waals surface area contributed by atoms with Crippen molar-refractivity contribution in [2.75, 3.05) is 13.2 Å². The molecule has 0 saturated heterocycles. The summed E-state index contributed by atoms with van der Waals surface area (Å²) in [6.07, 6.45) is 1.77. The van der Waals surface area contributed by atoms with Crippen molar-refractivity contribution in [3.8, 4) is 0 Å². The minimum Gasteiger partial charge on any atom is -0.396 e.